The van der Waals surface area contributed by atoms with E-state index in [0.29, 0.717) is 16.9 Å². The zero-order chi connectivity index (χ0) is 19.7. The summed E-state index contributed by atoms with van der Waals surface area (Å²) in [6.45, 7) is 0. The maximum atomic E-state index is 12.5. The number of hydrogen-bond donors (Lipinski definition) is 3. The lowest BCUT2D eigenvalue weighted by Crippen LogP contribution is -2.13. The van der Waals surface area contributed by atoms with Gasteiger partial charge in [0, 0.05) is 17.4 Å². The first kappa shape index (κ1) is 17.6. The van der Waals surface area contributed by atoms with Crippen LogP contribution in [-0.2, 0) is 10.0 Å². The molecule has 0 aliphatic carbocycles. The predicted octanol–water partition coefficient (Wildman–Crippen LogP) is 2.77. The van der Waals surface area contributed by atoms with Crippen molar-refractivity contribution in [3.8, 4) is 0 Å². The summed E-state index contributed by atoms with van der Waals surface area (Å²) in [6.07, 6.45) is 1.39. The Hall–Kier alpha value is -3.79. The summed E-state index contributed by atoms with van der Waals surface area (Å²) in [5.74, 6) is -0.916. The molecule has 2 heterocycles. The minimum Gasteiger partial charge on any atom is -0.459 e. The lowest BCUT2D eigenvalue weighted by molar-refractivity contribution is 0.0996. The molecule has 142 valence electrons. The molecule has 0 unspecified atom stereocenters. The first-order valence-corrected chi connectivity index (χ1v) is 9.50. The molecule has 0 atom stereocenters. The lowest BCUT2D eigenvalue weighted by atomic mass is 10.3. The van der Waals surface area contributed by atoms with Crippen molar-refractivity contribution >= 4 is 38.4 Å². The third-order valence-electron chi connectivity index (χ3n) is 3.84. The SMILES string of the molecule is O=C(Nc1ccc(NS(=O)(=O)c2ccc3[nH]c(=O)oc3c2)cc1)c1ccco1. The summed E-state index contributed by atoms with van der Waals surface area (Å²) in [7, 11) is -3.90. The highest BCUT2D eigenvalue weighted by atomic mass is 32.2. The predicted molar refractivity (Wildman–Crippen MR) is 101 cm³/mol. The number of anilines is 2. The van der Waals surface area contributed by atoms with Gasteiger partial charge in [-0.2, -0.15) is 0 Å². The van der Waals surface area contributed by atoms with E-state index in [1.165, 1.54) is 42.7 Å². The number of rotatable bonds is 5. The Balaban J connectivity index is 1.51. The number of carbonyl (C=O) groups is 1. The van der Waals surface area contributed by atoms with Crippen LogP contribution in [0.3, 0.4) is 0 Å². The third-order valence-corrected chi connectivity index (χ3v) is 5.22. The Kier molecular flexibility index (Phi) is 4.24. The fraction of sp³-hybridized carbons (Fsp3) is 0. The van der Waals surface area contributed by atoms with Gasteiger partial charge in [0.15, 0.2) is 11.3 Å². The zero-order valence-electron chi connectivity index (χ0n) is 14.1. The van der Waals surface area contributed by atoms with Crippen molar-refractivity contribution < 1.29 is 22.0 Å². The molecule has 3 N–H and O–H groups in total. The number of aromatic nitrogens is 1. The fourth-order valence-corrected chi connectivity index (χ4v) is 3.60. The van der Waals surface area contributed by atoms with E-state index in [9.17, 15) is 18.0 Å². The highest BCUT2D eigenvalue weighted by Crippen LogP contribution is 2.21. The number of H-pyrrole nitrogens is 1. The average molecular weight is 399 g/mol. The molecule has 1 amide bonds. The van der Waals surface area contributed by atoms with E-state index >= 15 is 0 Å². The standard InChI is InChI=1S/C18H13N3O6S/c22-17(15-2-1-9-26-15)19-11-3-5-12(6-4-11)21-28(24,25)13-7-8-14-16(10-13)27-18(23)20-14/h1-10,21H,(H,19,22)(H,20,23). The van der Waals surface area contributed by atoms with Crippen LogP contribution in [0.5, 0.6) is 0 Å². The Morgan fingerprint density at radius 3 is 2.46 bits per heavy atom. The molecular formula is C18H13N3O6S. The summed E-state index contributed by atoms with van der Waals surface area (Å²) in [4.78, 5) is 25.5. The van der Waals surface area contributed by atoms with Crippen LogP contribution >= 0.6 is 0 Å². The van der Waals surface area contributed by atoms with Gasteiger partial charge < -0.3 is 14.2 Å². The number of oxazole rings is 1. The smallest absolute Gasteiger partial charge is 0.417 e. The van der Waals surface area contributed by atoms with Gasteiger partial charge in [0.25, 0.3) is 15.9 Å². The summed E-state index contributed by atoms with van der Waals surface area (Å²) in [5, 5.41) is 2.63. The fourth-order valence-electron chi connectivity index (χ4n) is 2.53. The molecule has 2 aromatic heterocycles. The molecule has 0 bridgehead atoms. The molecule has 0 spiro atoms. The number of nitrogens with one attached hydrogen (secondary N) is 3. The van der Waals surface area contributed by atoms with Crippen molar-refractivity contribution in [2.75, 3.05) is 10.0 Å². The van der Waals surface area contributed by atoms with Crippen molar-refractivity contribution in [3.63, 3.8) is 0 Å². The molecule has 0 aliphatic rings. The molecule has 0 fully saturated rings. The van der Waals surface area contributed by atoms with Gasteiger partial charge in [-0.05, 0) is 48.5 Å². The lowest BCUT2D eigenvalue weighted by Gasteiger charge is -2.09. The van der Waals surface area contributed by atoms with Crippen molar-refractivity contribution in [1.29, 1.82) is 0 Å². The van der Waals surface area contributed by atoms with Crippen molar-refractivity contribution in [2.45, 2.75) is 4.90 Å². The van der Waals surface area contributed by atoms with Crippen LogP contribution in [0.25, 0.3) is 11.1 Å². The molecule has 4 rings (SSSR count). The van der Waals surface area contributed by atoms with Crippen LogP contribution in [0.1, 0.15) is 10.6 Å². The van der Waals surface area contributed by atoms with Crippen LogP contribution in [0, 0.1) is 0 Å². The Bertz CT molecular complexity index is 1300. The topological polar surface area (TPSA) is 134 Å². The van der Waals surface area contributed by atoms with Crippen molar-refractivity contribution in [3.05, 3.63) is 77.2 Å². The second-order valence-corrected chi connectivity index (χ2v) is 7.47. The number of benzene rings is 2. The minimum absolute atomic E-state index is 0.0575. The van der Waals surface area contributed by atoms with E-state index in [4.69, 9.17) is 8.83 Å². The number of aromatic amines is 1. The van der Waals surface area contributed by atoms with Gasteiger partial charge in [0.05, 0.1) is 16.7 Å². The second-order valence-electron chi connectivity index (χ2n) is 5.79. The number of hydrogen-bond acceptors (Lipinski definition) is 6. The van der Waals surface area contributed by atoms with E-state index in [1.54, 1.807) is 18.2 Å². The molecule has 0 saturated heterocycles. The summed E-state index contributed by atoms with van der Waals surface area (Å²) >= 11 is 0. The van der Waals surface area contributed by atoms with Crippen LogP contribution in [0.2, 0.25) is 0 Å². The highest BCUT2D eigenvalue weighted by molar-refractivity contribution is 7.92. The van der Waals surface area contributed by atoms with Gasteiger partial charge in [-0.25, -0.2) is 13.2 Å². The first-order chi connectivity index (χ1) is 13.4. The summed E-state index contributed by atoms with van der Waals surface area (Å²) < 4.78 is 37.4. The first-order valence-electron chi connectivity index (χ1n) is 8.01. The maximum absolute atomic E-state index is 12.5. The van der Waals surface area contributed by atoms with E-state index in [-0.39, 0.29) is 16.2 Å². The average Bonchev–Trinajstić information content (AvgIpc) is 3.31. The molecule has 0 radical (unpaired) electrons. The zero-order valence-corrected chi connectivity index (χ0v) is 14.9. The maximum Gasteiger partial charge on any atom is 0.417 e. The molecule has 10 heteroatoms. The molecule has 2 aromatic carbocycles. The van der Waals surface area contributed by atoms with E-state index in [0.717, 1.165) is 0 Å². The van der Waals surface area contributed by atoms with E-state index < -0.39 is 21.7 Å². The Labute approximate surface area is 158 Å². The minimum atomic E-state index is -3.90. The van der Waals surface area contributed by atoms with Gasteiger partial charge >= 0.3 is 5.76 Å². The van der Waals surface area contributed by atoms with E-state index in [2.05, 4.69) is 15.0 Å². The van der Waals surface area contributed by atoms with Crippen molar-refractivity contribution in [2.24, 2.45) is 0 Å². The Morgan fingerprint density at radius 1 is 1.00 bits per heavy atom. The molecule has 9 nitrogen and oxygen atoms in total. The molecular weight excluding hydrogens is 386 g/mol. The second kappa shape index (κ2) is 6.74. The van der Waals surface area contributed by atoms with Crippen LogP contribution in [0.15, 0.2) is 79.4 Å². The highest BCUT2D eigenvalue weighted by Gasteiger charge is 2.16. The molecule has 28 heavy (non-hydrogen) atoms. The molecule has 4 aromatic rings. The molecule has 0 aliphatic heterocycles. The van der Waals surface area contributed by atoms with Gasteiger partial charge in [-0.3, -0.25) is 14.5 Å². The quantitative estimate of drug-likeness (QED) is 0.472. The summed E-state index contributed by atoms with van der Waals surface area (Å²) in [5.41, 5.74) is 1.32. The van der Waals surface area contributed by atoms with Crippen LogP contribution in [-0.4, -0.2) is 19.3 Å². The Morgan fingerprint density at radius 2 is 1.75 bits per heavy atom. The van der Waals surface area contributed by atoms with Crippen LogP contribution < -0.4 is 15.8 Å². The van der Waals surface area contributed by atoms with Gasteiger partial charge in [-0.15, -0.1) is 0 Å². The number of carbonyl (C=O) groups excluding carboxylic acids is 1. The van der Waals surface area contributed by atoms with Gasteiger partial charge in [-0.1, -0.05) is 0 Å². The largest absolute Gasteiger partial charge is 0.459 e. The number of furan rings is 1. The van der Waals surface area contributed by atoms with Crippen LogP contribution in [0.4, 0.5) is 11.4 Å². The van der Waals surface area contributed by atoms with Gasteiger partial charge in [0.1, 0.15) is 0 Å². The third kappa shape index (κ3) is 3.53. The monoisotopic (exact) mass is 399 g/mol. The van der Waals surface area contributed by atoms with Crippen molar-refractivity contribution in [1.82, 2.24) is 4.98 Å². The number of fused-ring (bicyclic) bond motifs is 1. The number of sulfonamides is 1. The molecule has 0 saturated carbocycles. The summed E-state index contributed by atoms with van der Waals surface area (Å²) in [6, 6.07) is 13.3. The van der Waals surface area contributed by atoms with E-state index in [1.807, 2.05) is 0 Å². The number of amides is 1. The van der Waals surface area contributed by atoms with Gasteiger partial charge in [0.2, 0.25) is 0 Å². The normalized spacial score (nSPS) is 11.4.